The van der Waals surface area contributed by atoms with Gasteiger partial charge < -0.3 is 5.32 Å². The van der Waals surface area contributed by atoms with Crippen LogP contribution in [0.15, 0.2) is 54.6 Å². The molecule has 0 aliphatic carbocycles. The van der Waals surface area contributed by atoms with Gasteiger partial charge in [-0.25, -0.2) is 8.42 Å². The van der Waals surface area contributed by atoms with Gasteiger partial charge in [0, 0.05) is 31.1 Å². The van der Waals surface area contributed by atoms with Crippen molar-refractivity contribution in [3.63, 3.8) is 0 Å². The summed E-state index contributed by atoms with van der Waals surface area (Å²) in [5.74, 6) is -0.150. The van der Waals surface area contributed by atoms with Crippen LogP contribution in [-0.4, -0.2) is 38.1 Å². The summed E-state index contributed by atoms with van der Waals surface area (Å²) in [6, 6.07) is 15.5. The molecule has 162 valence electrons. The number of nitrogens with zero attached hydrogens (tertiary/aromatic N) is 2. The van der Waals surface area contributed by atoms with E-state index < -0.39 is 14.9 Å². The Labute approximate surface area is 177 Å². The van der Waals surface area contributed by atoms with E-state index in [1.54, 1.807) is 0 Å². The standard InChI is InChI=1S/C21H27N3O5S/c1-17(13-14-18-8-4-3-5-9-18)22-21(25)12-7-15-23(30(2,28)29)19-10-6-11-20(16-19)24(26)27/h3-6,8-11,16-17H,7,12-15H2,1-2H3,(H,22,25). The molecule has 1 unspecified atom stereocenters. The number of nitro benzene ring substituents is 1. The molecule has 30 heavy (non-hydrogen) atoms. The molecule has 0 aliphatic rings. The van der Waals surface area contributed by atoms with Crippen LogP contribution < -0.4 is 9.62 Å². The molecule has 2 rings (SSSR count). The van der Waals surface area contributed by atoms with Crippen LogP contribution in [0.3, 0.4) is 0 Å². The van der Waals surface area contributed by atoms with Gasteiger partial charge in [0.25, 0.3) is 5.69 Å². The van der Waals surface area contributed by atoms with Crippen molar-refractivity contribution in [3.8, 4) is 0 Å². The van der Waals surface area contributed by atoms with Crippen molar-refractivity contribution in [2.24, 2.45) is 0 Å². The van der Waals surface area contributed by atoms with Gasteiger partial charge in [0.2, 0.25) is 15.9 Å². The second-order valence-corrected chi connectivity index (χ2v) is 9.12. The number of nitro groups is 1. The topological polar surface area (TPSA) is 110 Å². The molecule has 0 heterocycles. The highest BCUT2D eigenvalue weighted by molar-refractivity contribution is 7.92. The van der Waals surface area contributed by atoms with Crippen LogP contribution >= 0.6 is 0 Å². The van der Waals surface area contributed by atoms with Crippen molar-refractivity contribution in [2.45, 2.75) is 38.6 Å². The van der Waals surface area contributed by atoms with Crippen LogP contribution in [0.5, 0.6) is 0 Å². The van der Waals surface area contributed by atoms with Crippen molar-refractivity contribution in [3.05, 3.63) is 70.3 Å². The Kier molecular flexibility index (Phi) is 8.35. The smallest absolute Gasteiger partial charge is 0.271 e. The Morgan fingerprint density at radius 2 is 1.87 bits per heavy atom. The molecule has 1 atom stereocenters. The summed E-state index contributed by atoms with van der Waals surface area (Å²) in [5, 5.41) is 13.9. The van der Waals surface area contributed by atoms with E-state index in [-0.39, 0.29) is 36.3 Å². The molecule has 0 radical (unpaired) electrons. The number of anilines is 1. The number of benzene rings is 2. The molecule has 2 aromatic rings. The molecule has 0 fully saturated rings. The first-order chi connectivity index (χ1) is 14.2. The fraction of sp³-hybridized carbons (Fsp3) is 0.381. The first-order valence-electron chi connectivity index (χ1n) is 9.72. The second kappa shape index (κ2) is 10.7. The number of hydrogen-bond donors (Lipinski definition) is 1. The van der Waals surface area contributed by atoms with Crippen LogP contribution in [-0.2, 0) is 21.2 Å². The van der Waals surface area contributed by atoms with E-state index in [0.717, 1.165) is 23.4 Å². The minimum atomic E-state index is -3.64. The number of non-ortho nitro benzene ring substituents is 1. The van der Waals surface area contributed by atoms with Crippen LogP contribution in [0.2, 0.25) is 0 Å². The van der Waals surface area contributed by atoms with E-state index in [4.69, 9.17) is 0 Å². The van der Waals surface area contributed by atoms with E-state index in [9.17, 15) is 23.3 Å². The molecule has 0 saturated heterocycles. The maximum atomic E-state index is 12.2. The number of carbonyl (C=O) groups excluding carboxylic acids is 1. The second-order valence-electron chi connectivity index (χ2n) is 7.21. The summed E-state index contributed by atoms with van der Waals surface area (Å²) in [6.45, 7) is 2.00. The van der Waals surface area contributed by atoms with Crippen molar-refractivity contribution in [2.75, 3.05) is 17.1 Å². The number of carbonyl (C=O) groups is 1. The van der Waals surface area contributed by atoms with Gasteiger partial charge in [0.05, 0.1) is 16.9 Å². The fourth-order valence-electron chi connectivity index (χ4n) is 3.08. The van der Waals surface area contributed by atoms with Crippen molar-refractivity contribution < 1.29 is 18.1 Å². The summed E-state index contributed by atoms with van der Waals surface area (Å²) < 4.78 is 25.4. The maximum Gasteiger partial charge on any atom is 0.271 e. The van der Waals surface area contributed by atoms with Crippen molar-refractivity contribution in [1.29, 1.82) is 0 Å². The van der Waals surface area contributed by atoms with E-state index in [1.165, 1.54) is 29.8 Å². The quantitative estimate of drug-likeness (QED) is 0.432. The van der Waals surface area contributed by atoms with Gasteiger partial charge in [-0.2, -0.15) is 0 Å². The number of amides is 1. The Balaban J connectivity index is 1.86. The molecule has 0 saturated carbocycles. The average molecular weight is 434 g/mol. The summed E-state index contributed by atoms with van der Waals surface area (Å²) in [4.78, 5) is 22.6. The minimum absolute atomic E-state index is 0.000454. The monoisotopic (exact) mass is 433 g/mol. The number of aryl methyl sites for hydroxylation is 1. The summed E-state index contributed by atoms with van der Waals surface area (Å²) in [5.41, 5.74) is 1.23. The molecule has 8 nitrogen and oxygen atoms in total. The lowest BCUT2D eigenvalue weighted by Crippen LogP contribution is -2.35. The molecule has 2 aromatic carbocycles. The third-order valence-corrected chi connectivity index (χ3v) is 5.80. The molecule has 0 spiro atoms. The maximum absolute atomic E-state index is 12.2. The summed E-state index contributed by atoms with van der Waals surface area (Å²) >= 11 is 0. The highest BCUT2D eigenvalue weighted by Crippen LogP contribution is 2.23. The van der Waals surface area contributed by atoms with Crippen molar-refractivity contribution >= 4 is 27.3 Å². The highest BCUT2D eigenvalue weighted by Gasteiger charge is 2.20. The Morgan fingerprint density at radius 3 is 2.50 bits per heavy atom. The molecule has 0 bridgehead atoms. The number of nitrogens with one attached hydrogen (secondary N) is 1. The van der Waals surface area contributed by atoms with E-state index in [2.05, 4.69) is 5.32 Å². The van der Waals surface area contributed by atoms with Gasteiger partial charge in [-0.3, -0.25) is 19.2 Å². The first-order valence-corrected chi connectivity index (χ1v) is 11.6. The van der Waals surface area contributed by atoms with Gasteiger partial charge >= 0.3 is 0 Å². The van der Waals surface area contributed by atoms with Crippen molar-refractivity contribution in [1.82, 2.24) is 5.32 Å². The van der Waals surface area contributed by atoms with Gasteiger partial charge in [-0.05, 0) is 37.8 Å². The predicted octanol–water partition coefficient (Wildman–Crippen LogP) is 3.28. The Morgan fingerprint density at radius 1 is 1.17 bits per heavy atom. The lowest BCUT2D eigenvalue weighted by molar-refractivity contribution is -0.384. The SMILES string of the molecule is CC(CCc1ccccc1)NC(=O)CCCN(c1cccc([N+](=O)[O-])c1)S(C)(=O)=O. The lowest BCUT2D eigenvalue weighted by Gasteiger charge is -2.22. The zero-order chi connectivity index (χ0) is 22.1. The zero-order valence-corrected chi connectivity index (χ0v) is 18.0. The van der Waals surface area contributed by atoms with Gasteiger partial charge in [0.1, 0.15) is 0 Å². The van der Waals surface area contributed by atoms with E-state index in [0.29, 0.717) is 6.42 Å². The molecular weight excluding hydrogens is 406 g/mol. The largest absolute Gasteiger partial charge is 0.354 e. The van der Waals surface area contributed by atoms with Gasteiger partial charge in [-0.15, -0.1) is 0 Å². The van der Waals surface area contributed by atoms with Crippen LogP contribution in [0.1, 0.15) is 31.7 Å². The average Bonchev–Trinajstić information content (AvgIpc) is 2.69. The Hall–Kier alpha value is -2.94. The minimum Gasteiger partial charge on any atom is -0.354 e. The first kappa shape index (κ1) is 23.3. The van der Waals surface area contributed by atoms with E-state index in [1.807, 2.05) is 37.3 Å². The third kappa shape index (κ3) is 7.47. The zero-order valence-electron chi connectivity index (χ0n) is 17.2. The highest BCUT2D eigenvalue weighted by atomic mass is 32.2. The molecule has 1 amide bonds. The van der Waals surface area contributed by atoms with Gasteiger partial charge in [-0.1, -0.05) is 36.4 Å². The third-order valence-electron chi connectivity index (χ3n) is 4.61. The normalized spacial score (nSPS) is 12.2. The summed E-state index contributed by atoms with van der Waals surface area (Å²) in [6.07, 6.45) is 3.16. The fourth-order valence-corrected chi connectivity index (χ4v) is 4.04. The summed E-state index contributed by atoms with van der Waals surface area (Å²) in [7, 11) is -3.64. The molecular formula is C21H27N3O5S. The molecule has 9 heteroatoms. The number of sulfonamides is 1. The van der Waals surface area contributed by atoms with Crippen LogP contribution in [0.25, 0.3) is 0 Å². The molecule has 0 aromatic heterocycles. The number of rotatable bonds is 11. The van der Waals surface area contributed by atoms with E-state index >= 15 is 0 Å². The Bertz CT molecular complexity index is 964. The van der Waals surface area contributed by atoms with Crippen LogP contribution in [0.4, 0.5) is 11.4 Å². The van der Waals surface area contributed by atoms with Gasteiger partial charge in [0.15, 0.2) is 0 Å². The molecule has 0 aliphatic heterocycles. The lowest BCUT2D eigenvalue weighted by atomic mass is 10.1. The number of hydrogen-bond acceptors (Lipinski definition) is 5. The van der Waals surface area contributed by atoms with Crippen LogP contribution in [0, 0.1) is 10.1 Å². The predicted molar refractivity (Wildman–Crippen MR) is 117 cm³/mol. The molecule has 1 N–H and O–H groups in total.